The largest absolute Gasteiger partial charge is 0.504 e. The number of hydrogen-bond donors (Lipinski definition) is 2. The predicted molar refractivity (Wildman–Crippen MR) is 74.7 cm³/mol. The van der Waals surface area contributed by atoms with Gasteiger partial charge >= 0.3 is 0 Å². The molecule has 3 aromatic rings. The quantitative estimate of drug-likeness (QED) is 0.552. The second kappa shape index (κ2) is 4.65. The minimum absolute atomic E-state index is 0.220. The first-order valence-corrected chi connectivity index (χ1v) is 6.00. The van der Waals surface area contributed by atoms with Crippen molar-refractivity contribution in [2.24, 2.45) is 17.3 Å². The van der Waals surface area contributed by atoms with Gasteiger partial charge in [0.1, 0.15) is 5.69 Å². The summed E-state index contributed by atoms with van der Waals surface area (Å²) >= 11 is 0. The number of phenolic OH excluding ortho intramolecular Hbond substituents is 2. The summed E-state index contributed by atoms with van der Waals surface area (Å²) in [6.07, 6.45) is 1.61. The molecule has 0 radical (unpaired) electrons. The highest BCUT2D eigenvalue weighted by molar-refractivity contribution is 5.97. The van der Waals surface area contributed by atoms with E-state index in [2.05, 4.69) is 15.3 Å². The number of rotatable bonds is 2. The fraction of sp³-hybridized carbons (Fsp3) is 0.0714. The summed E-state index contributed by atoms with van der Waals surface area (Å²) in [7, 11) is 1.74. The van der Waals surface area contributed by atoms with Crippen LogP contribution in [0.4, 0.5) is 11.5 Å². The van der Waals surface area contributed by atoms with Gasteiger partial charge in [0.25, 0.3) is 0 Å². The molecule has 6 heteroatoms. The van der Waals surface area contributed by atoms with Crippen molar-refractivity contribution >= 4 is 22.3 Å². The molecule has 0 amide bonds. The number of aromatic hydroxyl groups is 2. The molecule has 0 aliphatic rings. The number of nitrogens with zero attached hydrogens (tertiary/aromatic N) is 4. The number of benzene rings is 2. The second-order valence-electron chi connectivity index (χ2n) is 4.33. The summed E-state index contributed by atoms with van der Waals surface area (Å²) < 4.78 is 1.56. The third-order valence-electron chi connectivity index (χ3n) is 3.02. The van der Waals surface area contributed by atoms with Crippen molar-refractivity contribution in [2.45, 2.75) is 0 Å². The van der Waals surface area contributed by atoms with Crippen molar-refractivity contribution in [1.82, 2.24) is 9.78 Å². The van der Waals surface area contributed by atoms with Crippen molar-refractivity contribution in [3.05, 3.63) is 42.6 Å². The summed E-state index contributed by atoms with van der Waals surface area (Å²) in [5.74, 6) is 0.0501. The van der Waals surface area contributed by atoms with Crippen LogP contribution in [-0.2, 0) is 7.05 Å². The average molecular weight is 268 g/mol. The first-order valence-electron chi connectivity index (χ1n) is 6.00. The molecular weight excluding hydrogens is 256 g/mol. The summed E-state index contributed by atoms with van der Waals surface area (Å²) in [6.45, 7) is 0. The maximum absolute atomic E-state index is 9.97. The van der Waals surface area contributed by atoms with Gasteiger partial charge in [-0.2, -0.15) is 5.10 Å². The van der Waals surface area contributed by atoms with Gasteiger partial charge in [-0.05, 0) is 11.5 Å². The van der Waals surface area contributed by atoms with Crippen LogP contribution in [0, 0.1) is 0 Å². The summed E-state index contributed by atoms with van der Waals surface area (Å²) in [6, 6.07) is 10.5. The molecule has 0 saturated carbocycles. The zero-order valence-corrected chi connectivity index (χ0v) is 10.7. The Labute approximate surface area is 114 Å². The van der Waals surface area contributed by atoms with Gasteiger partial charge in [-0.3, -0.25) is 0 Å². The van der Waals surface area contributed by atoms with Gasteiger partial charge in [-0.1, -0.05) is 24.3 Å². The van der Waals surface area contributed by atoms with Crippen LogP contribution in [0.15, 0.2) is 52.8 Å². The molecule has 3 rings (SSSR count). The molecule has 1 aromatic heterocycles. The molecule has 2 aromatic carbocycles. The maximum atomic E-state index is 9.97. The molecular formula is C14H12N4O2. The lowest BCUT2D eigenvalue weighted by molar-refractivity contribution is 0.406. The Morgan fingerprint density at radius 3 is 2.65 bits per heavy atom. The molecule has 6 nitrogen and oxygen atoms in total. The van der Waals surface area contributed by atoms with E-state index in [1.54, 1.807) is 24.0 Å². The minimum Gasteiger partial charge on any atom is -0.504 e. The molecule has 0 bridgehead atoms. The molecule has 1 heterocycles. The number of azo groups is 1. The topological polar surface area (TPSA) is 83.0 Å². The third-order valence-corrected chi connectivity index (χ3v) is 3.02. The first kappa shape index (κ1) is 12.2. The Kier molecular flexibility index (Phi) is 2.83. The highest BCUT2D eigenvalue weighted by Crippen LogP contribution is 2.42. The van der Waals surface area contributed by atoms with Crippen LogP contribution >= 0.6 is 0 Å². The van der Waals surface area contributed by atoms with Gasteiger partial charge in [-0.25, -0.2) is 4.68 Å². The van der Waals surface area contributed by atoms with Crippen LogP contribution in [0.5, 0.6) is 11.5 Å². The summed E-state index contributed by atoms with van der Waals surface area (Å²) in [4.78, 5) is 0. The van der Waals surface area contributed by atoms with E-state index in [4.69, 9.17) is 0 Å². The van der Waals surface area contributed by atoms with Crippen LogP contribution in [0.2, 0.25) is 0 Å². The van der Waals surface area contributed by atoms with Gasteiger partial charge in [0.05, 0.1) is 6.20 Å². The Hall–Kier alpha value is -2.89. The van der Waals surface area contributed by atoms with Crippen LogP contribution in [0.1, 0.15) is 0 Å². The fourth-order valence-corrected chi connectivity index (χ4v) is 1.97. The van der Waals surface area contributed by atoms with Gasteiger partial charge in [-0.15, -0.1) is 10.2 Å². The lowest BCUT2D eigenvalue weighted by Crippen LogP contribution is -1.87. The molecule has 100 valence electrons. The molecule has 0 spiro atoms. The molecule has 0 aliphatic carbocycles. The van der Waals surface area contributed by atoms with E-state index in [1.807, 2.05) is 24.3 Å². The number of fused-ring (bicyclic) bond motifs is 1. The second-order valence-corrected chi connectivity index (χ2v) is 4.33. The van der Waals surface area contributed by atoms with E-state index >= 15 is 0 Å². The highest BCUT2D eigenvalue weighted by Gasteiger charge is 2.11. The van der Waals surface area contributed by atoms with Gasteiger partial charge in [0.2, 0.25) is 0 Å². The number of hydrogen-bond acceptors (Lipinski definition) is 5. The zero-order chi connectivity index (χ0) is 14.1. The minimum atomic E-state index is -0.283. The Balaban J connectivity index is 2.18. The smallest absolute Gasteiger partial charge is 0.186 e. The number of aryl methyl sites for hydroxylation is 1. The van der Waals surface area contributed by atoms with Gasteiger partial charge in [0.15, 0.2) is 17.3 Å². The molecule has 20 heavy (non-hydrogen) atoms. The summed E-state index contributed by atoms with van der Waals surface area (Å²) in [5, 5.41) is 33.3. The zero-order valence-electron chi connectivity index (χ0n) is 10.7. The van der Waals surface area contributed by atoms with E-state index in [0.29, 0.717) is 11.2 Å². The van der Waals surface area contributed by atoms with E-state index in [0.717, 1.165) is 5.39 Å². The lowest BCUT2D eigenvalue weighted by Gasteiger charge is -2.06. The van der Waals surface area contributed by atoms with E-state index < -0.39 is 0 Å². The molecule has 0 unspecified atom stereocenters. The molecule has 0 saturated heterocycles. The normalized spacial score (nSPS) is 11.4. The SMILES string of the molecule is Cn1nccc1N=Nc1c(O)c(O)cc2ccccc12. The van der Waals surface area contributed by atoms with Crippen molar-refractivity contribution < 1.29 is 10.2 Å². The number of phenols is 2. The van der Waals surface area contributed by atoms with E-state index in [1.165, 1.54) is 6.07 Å². The number of aromatic nitrogens is 2. The fourth-order valence-electron chi connectivity index (χ4n) is 1.97. The first-order chi connectivity index (χ1) is 9.66. The Bertz CT molecular complexity index is 808. The van der Waals surface area contributed by atoms with Gasteiger partial charge < -0.3 is 10.2 Å². The molecule has 2 N–H and O–H groups in total. The van der Waals surface area contributed by atoms with E-state index in [9.17, 15) is 10.2 Å². The van der Waals surface area contributed by atoms with Crippen molar-refractivity contribution in [1.29, 1.82) is 0 Å². The van der Waals surface area contributed by atoms with Crippen molar-refractivity contribution in [3.8, 4) is 11.5 Å². The lowest BCUT2D eigenvalue weighted by atomic mass is 10.1. The highest BCUT2D eigenvalue weighted by atomic mass is 16.3. The van der Waals surface area contributed by atoms with Crippen LogP contribution in [0.25, 0.3) is 10.8 Å². The van der Waals surface area contributed by atoms with Crippen LogP contribution < -0.4 is 0 Å². The van der Waals surface area contributed by atoms with Crippen LogP contribution in [-0.4, -0.2) is 20.0 Å². The van der Waals surface area contributed by atoms with Crippen molar-refractivity contribution in [2.75, 3.05) is 0 Å². The molecule has 0 aliphatic heterocycles. The summed E-state index contributed by atoms with van der Waals surface area (Å²) in [5.41, 5.74) is 0.238. The Morgan fingerprint density at radius 1 is 1.10 bits per heavy atom. The predicted octanol–water partition coefficient (Wildman–Crippen LogP) is 3.40. The van der Waals surface area contributed by atoms with Crippen molar-refractivity contribution in [3.63, 3.8) is 0 Å². The Morgan fingerprint density at radius 2 is 1.90 bits per heavy atom. The van der Waals surface area contributed by atoms with Crippen LogP contribution in [0.3, 0.4) is 0 Å². The molecule has 0 fully saturated rings. The average Bonchev–Trinajstić information content (AvgIpc) is 2.85. The van der Waals surface area contributed by atoms with Gasteiger partial charge in [0, 0.05) is 18.5 Å². The monoisotopic (exact) mass is 268 g/mol. The molecule has 0 atom stereocenters. The maximum Gasteiger partial charge on any atom is 0.186 e. The van der Waals surface area contributed by atoms with E-state index in [-0.39, 0.29) is 17.2 Å². The standard InChI is InChI=1S/C14H12N4O2/c1-18-12(6-7-15-18)16-17-13-10-5-3-2-4-9(10)8-11(19)14(13)20/h2-8,19-20H,1H3. The third kappa shape index (κ3) is 1.97.